The van der Waals surface area contributed by atoms with Crippen LogP contribution in [0.25, 0.3) is 0 Å². The Morgan fingerprint density at radius 2 is 2.09 bits per heavy atom. The molecule has 1 aliphatic heterocycles. The maximum atomic E-state index is 12.6. The summed E-state index contributed by atoms with van der Waals surface area (Å²) in [7, 11) is -3.30. The van der Waals surface area contributed by atoms with Crippen LogP contribution in [0.5, 0.6) is 0 Å². The Morgan fingerprint density at radius 3 is 2.73 bits per heavy atom. The molecule has 0 aliphatic carbocycles. The van der Waals surface area contributed by atoms with Crippen LogP contribution >= 0.6 is 0 Å². The summed E-state index contributed by atoms with van der Waals surface area (Å²) in [5.41, 5.74) is 0. The summed E-state index contributed by atoms with van der Waals surface area (Å²) in [4.78, 5) is 10.7. The molecule has 3 nitrogen and oxygen atoms in total. The van der Waals surface area contributed by atoms with E-state index in [1.807, 2.05) is 0 Å². The van der Waals surface area contributed by atoms with Gasteiger partial charge in [0.1, 0.15) is 12.0 Å². The third-order valence-corrected chi connectivity index (χ3v) is 3.27. The second kappa shape index (κ2) is 2.89. The molecule has 11 heavy (non-hydrogen) atoms. The third kappa shape index (κ3) is 2.57. The third-order valence-electron chi connectivity index (χ3n) is 1.58. The zero-order valence-corrected chi connectivity index (χ0v) is 6.73. The van der Waals surface area contributed by atoms with E-state index in [9.17, 15) is 17.6 Å². The van der Waals surface area contributed by atoms with Crippen molar-refractivity contribution in [3.8, 4) is 0 Å². The fourth-order valence-corrected chi connectivity index (χ4v) is 2.41. The van der Waals surface area contributed by atoms with Crippen molar-refractivity contribution in [2.45, 2.75) is 19.0 Å². The highest BCUT2D eigenvalue weighted by Crippen LogP contribution is 2.11. The van der Waals surface area contributed by atoms with Crippen LogP contribution in [0.4, 0.5) is 4.39 Å². The quantitative estimate of drug-likeness (QED) is 0.531. The normalized spacial score (nSPS) is 31.4. The van der Waals surface area contributed by atoms with E-state index >= 15 is 0 Å². The van der Waals surface area contributed by atoms with E-state index in [2.05, 4.69) is 0 Å². The summed E-state index contributed by atoms with van der Waals surface area (Å²) in [6, 6.07) is 0. The molecular formula is C6H9FO3S. The van der Waals surface area contributed by atoms with Gasteiger partial charge in [0.15, 0.2) is 9.84 Å². The Labute approximate surface area is 64.5 Å². The molecule has 1 heterocycles. The summed E-state index contributed by atoms with van der Waals surface area (Å²) < 4.78 is 34.3. The summed E-state index contributed by atoms with van der Waals surface area (Å²) in [6.07, 6.45) is -1.75. The van der Waals surface area contributed by atoms with Gasteiger partial charge in [-0.3, -0.25) is 4.79 Å². The standard InChI is InChI=1S/C6H9FO3S/c7-5-3-6(8)1-2-11(9,10)4-5/h5H,1-4H2. The van der Waals surface area contributed by atoms with Crippen LogP contribution in [-0.4, -0.2) is 31.9 Å². The molecule has 1 atom stereocenters. The average Bonchev–Trinajstić information content (AvgIpc) is 1.90. The average molecular weight is 180 g/mol. The fourth-order valence-electron chi connectivity index (χ4n) is 1.04. The molecule has 5 heteroatoms. The van der Waals surface area contributed by atoms with Crippen LogP contribution in [0, 0.1) is 0 Å². The van der Waals surface area contributed by atoms with Crippen molar-refractivity contribution in [2.75, 3.05) is 11.5 Å². The Hall–Kier alpha value is -0.450. The largest absolute Gasteiger partial charge is 0.300 e. The minimum atomic E-state index is -3.30. The number of halogens is 1. The SMILES string of the molecule is O=C1CCS(=O)(=O)CC(F)C1. The first kappa shape index (κ1) is 8.64. The number of alkyl halides is 1. The predicted molar refractivity (Wildman–Crippen MR) is 37.8 cm³/mol. The van der Waals surface area contributed by atoms with Crippen molar-refractivity contribution in [3.63, 3.8) is 0 Å². The Kier molecular flexibility index (Phi) is 2.27. The lowest BCUT2D eigenvalue weighted by Gasteiger charge is -1.99. The molecule has 0 aromatic rings. The fraction of sp³-hybridized carbons (Fsp3) is 0.833. The van der Waals surface area contributed by atoms with Gasteiger partial charge in [0.2, 0.25) is 0 Å². The van der Waals surface area contributed by atoms with Crippen molar-refractivity contribution in [2.24, 2.45) is 0 Å². The molecule has 1 rings (SSSR count). The highest BCUT2D eigenvalue weighted by atomic mass is 32.2. The molecule has 0 radical (unpaired) electrons. The smallest absolute Gasteiger partial charge is 0.153 e. The van der Waals surface area contributed by atoms with E-state index in [1.54, 1.807) is 0 Å². The van der Waals surface area contributed by atoms with Crippen LogP contribution in [-0.2, 0) is 14.6 Å². The monoisotopic (exact) mass is 180 g/mol. The van der Waals surface area contributed by atoms with E-state index in [-0.39, 0.29) is 24.4 Å². The second-order valence-electron chi connectivity index (χ2n) is 2.70. The van der Waals surface area contributed by atoms with E-state index in [0.717, 1.165) is 0 Å². The molecule has 1 fully saturated rings. The van der Waals surface area contributed by atoms with E-state index in [0.29, 0.717) is 0 Å². The van der Waals surface area contributed by atoms with Crippen molar-refractivity contribution in [1.29, 1.82) is 0 Å². The lowest BCUT2D eigenvalue weighted by atomic mass is 10.2. The zero-order valence-electron chi connectivity index (χ0n) is 5.92. The highest BCUT2D eigenvalue weighted by molar-refractivity contribution is 7.91. The molecule has 1 saturated heterocycles. The van der Waals surface area contributed by atoms with Crippen molar-refractivity contribution < 1.29 is 17.6 Å². The Bertz CT molecular complexity index is 257. The van der Waals surface area contributed by atoms with Gasteiger partial charge in [0.25, 0.3) is 0 Å². The number of carbonyl (C=O) groups excluding carboxylic acids is 1. The molecule has 0 aromatic carbocycles. The van der Waals surface area contributed by atoms with Crippen molar-refractivity contribution >= 4 is 15.6 Å². The van der Waals surface area contributed by atoms with Gasteiger partial charge < -0.3 is 0 Å². The number of carbonyl (C=O) groups is 1. The molecule has 1 aliphatic rings. The molecule has 0 spiro atoms. The summed E-state index contributed by atoms with van der Waals surface area (Å²) in [5.74, 6) is -0.969. The number of Topliss-reactive ketones (excluding diaryl/α,β-unsaturated/α-hetero) is 1. The summed E-state index contributed by atoms with van der Waals surface area (Å²) >= 11 is 0. The number of hydrogen-bond donors (Lipinski definition) is 0. The lowest BCUT2D eigenvalue weighted by Crippen LogP contribution is -2.16. The van der Waals surface area contributed by atoms with E-state index in [1.165, 1.54) is 0 Å². The summed E-state index contributed by atoms with van der Waals surface area (Å²) in [5, 5.41) is 0. The number of hydrogen-bond acceptors (Lipinski definition) is 3. The van der Waals surface area contributed by atoms with Gasteiger partial charge in [0.05, 0.1) is 11.5 Å². The van der Waals surface area contributed by atoms with Crippen LogP contribution in [0.2, 0.25) is 0 Å². The van der Waals surface area contributed by atoms with Crippen LogP contribution < -0.4 is 0 Å². The van der Waals surface area contributed by atoms with Gasteiger partial charge in [0, 0.05) is 12.8 Å². The second-order valence-corrected chi connectivity index (χ2v) is 4.93. The topological polar surface area (TPSA) is 51.2 Å². The van der Waals surface area contributed by atoms with Gasteiger partial charge in [-0.15, -0.1) is 0 Å². The Balaban J connectivity index is 2.76. The first-order valence-corrected chi connectivity index (χ1v) is 5.18. The predicted octanol–water partition coefficient (Wildman–Crippen LogP) is 0.102. The lowest BCUT2D eigenvalue weighted by molar-refractivity contribution is -0.119. The first-order chi connectivity index (χ1) is 4.99. The van der Waals surface area contributed by atoms with Crippen LogP contribution in [0.15, 0.2) is 0 Å². The highest BCUT2D eigenvalue weighted by Gasteiger charge is 2.26. The minimum Gasteiger partial charge on any atom is -0.300 e. The molecule has 0 saturated carbocycles. The first-order valence-electron chi connectivity index (χ1n) is 3.36. The van der Waals surface area contributed by atoms with Gasteiger partial charge in [-0.2, -0.15) is 0 Å². The maximum Gasteiger partial charge on any atom is 0.153 e. The van der Waals surface area contributed by atoms with Gasteiger partial charge >= 0.3 is 0 Å². The maximum absolute atomic E-state index is 12.6. The number of ketones is 1. The van der Waals surface area contributed by atoms with Gasteiger partial charge in [-0.25, -0.2) is 12.8 Å². The molecule has 64 valence electrons. The molecule has 0 aromatic heterocycles. The van der Waals surface area contributed by atoms with E-state index < -0.39 is 21.8 Å². The zero-order chi connectivity index (χ0) is 8.48. The molecular weight excluding hydrogens is 171 g/mol. The summed E-state index contributed by atoms with van der Waals surface area (Å²) in [6.45, 7) is 0. The van der Waals surface area contributed by atoms with Gasteiger partial charge in [-0.05, 0) is 0 Å². The molecule has 0 N–H and O–H groups in total. The van der Waals surface area contributed by atoms with Crippen LogP contribution in [0.3, 0.4) is 0 Å². The molecule has 0 amide bonds. The number of sulfone groups is 1. The minimum absolute atomic E-state index is 0.0250. The Morgan fingerprint density at radius 1 is 1.45 bits per heavy atom. The van der Waals surface area contributed by atoms with Crippen molar-refractivity contribution in [1.82, 2.24) is 0 Å². The van der Waals surface area contributed by atoms with Crippen molar-refractivity contribution in [3.05, 3.63) is 0 Å². The van der Waals surface area contributed by atoms with Crippen LogP contribution in [0.1, 0.15) is 12.8 Å². The molecule has 1 unspecified atom stereocenters. The van der Waals surface area contributed by atoms with Gasteiger partial charge in [-0.1, -0.05) is 0 Å². The number of rotatable bonds is 0. The van der Waals surface area contributed by atoms with E-state index in [4.69, 9.17) is 0 Å². The molecule has 0 bridgehead atoms.